The minimum Gasteiger partial charge on any atom is -0.454 e. The highest BCUT2D eigenvalue weighted by molar-refractivity contribution is 5.97. The molecule has 1 aromatic carbocycles. The number of fused-ring (bicyclic) bond motifs is 2. The van der Waals surface area contributed by atoms with Crippen LogP contribution in [0.4, 0.5) is 0 Å². The number of hydrogen-bond donors (Lipinski definition) is 1. The molecule has 3 aromatic rings. The third-order valence-electron chi connectivity index (χ3n) is 4.36. The zero-order valence-electron chi connectivity index (χ0n) is 14.2. The fourth-order valence-electron chi connectivity index (χ4n) is 2.98. The van der Waals surface area contributed by atoms with Crippen LogP contribution in [0.25, 0.3) is 10.9 Å². The highest BCUT2D eigenvalue weighted by Crippen LogP contribution is 2.35. The second kappa shape index (κ2) is 6.51. The van der Waals surface area contributed by atoms with Crippen LogP contribution in [0.2, 0.25) is 0 Å². The highest BCUT2D eigenvalue weighted by atomic mass is 16.7. The van der Waals surface area contributed by atoms with Crippen molar-refractivity contribution in [2.45, 2.75) is 20.0 Å². The van der Waals surface area contributed by atoms with E-state index < -0.39 is 5.91 Å². The van der Waals surface area contributed by atoms with Crippen molar-refractivity contribution in [2.75, 3.05) is 6.79 Å². The Hall–Kier alpha value is -3.35. The average molecular weight is 351 g/mol. The van der Waals surface area contributed by atoms with E-state index in [1.807, 2.05) is 23.6 Å². The fraction of sp³-hybridized carbons (Fsp3) is 0.211. The molecule has 7 heteroatoms. The largest absolute Gasteiger partial charge is 0.454 e. The van der Waals surface area contributed by atoms with Crippen molar-refractivity contribution in [1.29, 1.82) is 0 Å². The van der Waals surface area contributed by atoms with Gasteiger partial charge in [-0.2, -0.15) is 0 Å². The third-order valence-corrected chi connectivity index (χ3v) is 4.36. The Labute approximate surface area is 149 Å². The van der Waals surface area contributed by atoms with Crippen molar-refractivity contribution >= 4 is 16.8 Å². The molecule has 1 N–H and O–H groups in total. The summed E-state index contributed by atoms with van der Waals surface area (Å²) in [6.45, 7) is 3.02. The van der Waals surface area contributed by atoms with Gasteiger partial charge in [0.2, 0.25) is 12.2 Å². The molecule has 0 aliphatic carbocycles. The van der Waals surface area contributed by atoms with Crippen LogP contribution in [0, 0.1) is 0 Å². The van der Waals surface area contributed by atoms with Gasteiger partial charge in [0, 0.05) is 37.7 Å². The molecule has 2 aromatic heterocycles. The molecule has 0 unspecified atom stereocenters. The SMILES string of the molecule is CCn1cc(C(=O)NCc2ccncc2)c(=O)c2cc3c(cc21)OCO3. The number of aromatic nitrogens is 2. The summed E-state index contributed by atoms with van der Waals surface area (Å²) in [5.41, 5.74) is 1.41. The predicted molar refractivity (Wildman–Crippen MR) is 95.4 cm³/mol. The molecule has 1 amide bonds. The molecule has 132 valence electrons. The fourth-order valence-corrected chi connectivity index (χ4v) is 2.98. The van der Waals surface area contributed by atoms with Crippen molar-refractivity contribution in [3.05, 3.63) is 64.2 Å². The quantitative estimate of drug-likeness (QED) is 0.778. The third kappa shape index (κ3) is 2.77. The van der Waals surface area contributed by atoms with Gasteiger partial charge in [-0.3, -0.25) is 14.6 Å². The standard InChI is InChI=1S/C19H17N3O4/c1-2-22-10-14(19(24)21-9-12-3-5-20-6-4-12)18(23)13-7-16-17(8-15(13)22)26-11-25-16/h3-8,10H,2,9,11H2,1H3,(H,21,24). The molecule has 1 aliphatic rings. The monoisotopic (exact) mass is 351 g/mol. The maximum Gasteiger partial charge on any atom is 0.257 e. The van der Waals surface area contributed by atoms with E-state index in [2.05, 4.69) is 10.3 Å². The summed E-state index contributed by atoms with van der Waals surface area (Å²) in [4.78, 5) is 29.4. The van der Waals surface area contributed by atoms with Crippen LogP contribution >= 0.6 is 0 Å². The maximum absolute atomic E-state index is 12.9. The first kappa shape index (κ1) is 16.1. The Morgan fingerprint density at radius 2 is 1.96 bits per heavy atom. The molecule has 0 spiro atoms. The van der Waals surface area contributed by atoms with Gasteiger partial charge in [-0.05, 0) is 30.7 Å². The number of rotatable bonds is 4. The van der Waals surface area contributed by atoms with Crippen molar-refractivity contribution in [3.8, 4) is 11.5 Å². The second-order valence-corrected chi connectivity index (χ2v) is 5.92. The summed E-state index contributed by atoms with van der Waals surface area (Å²) in [5.74, 6) is 0.717. The molecule has 0 fully saturated rings. The van der Waals surface area contributed by atoms with Gasteiger partial charge in [-0.15, -0.1) is 0 Å². The topological polar surface area (TPSA) is 82.5 Å². The van der Waals surface area contributed by atoms with E-state index in [9.17, 15) is 9.59 Å². The summed E-state index contributed by atoms with van der Waals surface area (Å²) in [5, 5.41) is 3.23. The molecule has 4 rings (SSSR count). The summed E-state index contributed by atoms with van der Waals surface area (Å²) < 4.78 is 12.6. The van der Waals surface area contributed by atoms with Crippen LogP contribution in [0.1, 0.15) is 22.8 Å². The minimum absolute atomic E-state index is 0.104. The first-order chi connectivity index (χ1) is 12.7. The van der Waals surface area contributed by atoms with Gasteiger partial charge >= 0.3 is 0 Å². The van der Waals surface area contributed by atoms with Gasteiger partial charge in [-0.25, -0.2) is 0 Å². The van der Waals surface area contributed by atoms with Crippen molar-refractivity contribution < 1.29 is 14.3 Å². The molecular formula is C19H17N3O4. The van der Waals surface area contributed by atoms with Gasteiger partial charge < -0.3 is 19.4 Å². The van der Waals surface area contributed by atoms with E-state index in [4.69, 9.17) is 9.47 Å². The Morgan fingerprint density at radius 3 is 2.69 bits per heavy atom. The van der Waals surface area contributed by atoms with Gasteiger partial charge in [0.25, 0.3) is 5.91 Å². The lowest BCUT2D eigenvalue weighted by atomic mass is 10.1. The van der Waals surface area contributed by atoms with E-state index in [1.54, 1.807) is 30.7 Å². The minimum atomic E-state index is -0.409. The summed E-state index contributed by atoms with van der Waals surface area (Å²) in [7, 11) is 0. The number of nitrogens with one attached hydrogen (secondary N) is 1. The van der Waals surface area contributed by atoms with Gasteiger partial charge in [-0.1, -0.05) is 0 Å². The molecule has 0 saturated carbocycles. The van der Waals surface area contributed by atoms with E-state index in [1.165, 1.54) is 0 Å². The van der Waals surface area contributed by atoms with Gasteiger partial charge in [0.1, 0.15) is 5.56 Å². The predicted octanol–water partition coefficient (Wildman–Crippen LogP) is 2.08. The Balaban J connectivity index is 1.73. The van der Waals surface area contributed by atoms with Gasteiger partial charge in [0.05, 0.1) is 10.9 Å². The van der Waals surface area contributed by atoms with Crippen LogP contribution in [-0.2, 0) is 13.1 Å². The Morgan fingerprint density at radius 1 is 1.23 bits per heavy atom. The molecule has 0 atom stereocenters. The number of carbonyl (C=O) groups excluding carboxylic acids is 1. The number of amides is 1. The lowest BCUT2D eigenvalue weighted by molar-refractivity contribution is 0.0949. The number of pyridine rings is 2. The number of nitrogens with zero attached hydrogens (tertiary/aromatic N) is 2. The van der Waals surface area contributed by atoms with Crippen molar-refractivity contribution in [1.82, 2.24) is 14.9 Å². The zero-order valence-corrected chi connectivity index (χ0v) is 14.2. The lowest BCUT2D eigenvalue weighted by Crippen LogP contribution is -2.29. The Kier molecular flexibility index (Phi) is 4.04. The van der Waals surface area contributed by atoms with Crippen LogP contribution in [-0.4, -0.2) is 22.3 Å². The second-order valence-electron chi connectivity index (χ2n) is 5.92. The van der Waals surface area contributed by atoms with Gasteiger partial charge in [0.15, 0.2) is 11.5 Å². The molecule has 0 saturated heterocycles. The van der Waals surface area contributed by atoms with E-state index >= 15 is 0 Å². The van der Waals surface area contributed by atoms with Crippen LogP contribution < -0.4 is 20.2 Å². The number of hydrogen-bond acceptors (Lipinski definition) is 5. The first-order valence-electron chi connectivity index (χ1n) is 8.31. The number of ether oxygens (including phenoxy) is 2. The van der Waals surface area contributed by atoms with E-state index in [-0.39, 0.29) is 17.8 Å². The van der Waals surface area contributed by atoms with Crippen LogP contribution in [0.15, 0.2) is 47.7 Å². The number of carbonyl (C=O) groups is 1. The van der Waals surface area contributed by atoms with Crippen molar-refractivity contribution in [3.63, 3.8) is 0 Å². The summed E-state index contributed by atoms with van der Waals surface area (Å²) >= 11 is 0. The van der Waals surface area contributed by atoms with Crippen LogP contribution in [0.5, 0.6) is 11.5 Å². The molecule has 1 aliphatic heterocycles. The van der Waals surface area contributed by atoms with E-state index in [0.29, 0.717) is 35.5 Å². The zero-order chi connectivity index (χ0) is 18.1. The molecule has 0 bridgehead atoms. The smallest absolute Gasteiger partial charge is 0.257 e. The highest BCUT2D eigenvalue weighted by Gasteiger charge is 2.20. The molecular weight excluding hydrogens is 334 g/mol. The lowest BCUT2D eigenvalue weighted by Gasteiger charge is -2.12. The summed E-state index contributed by atoms with van der Waals surface area (Å²) in [6.07, 6.45) is 4.91. The van der Waals surface area contributed by atoms with Crippen LogP contribution in [0.3, 0.4) is 0 Å². The molecule has 26 heavy (non-hydrogen) atoms. The van der Waals surface area contributed by atoms with Crippen molar-refractivity contribution in [2.24, 2.45) is 0 Å². The number of benzene rings is 1. The molecule has 7 nitrogen and oxygen atoms in total. The molecule has 3 heterocycles. The molecule has 0 radical (unpaired) electrons. The Bertz CT molecular complexity index is 1040. The maximum atomic E-state index is 12.9. The summed E-state index contributed by atoms with van der Waals surface area (Å²) in [6, 6.07) is 7.05. The first-order valence-corrected chi connectivity index (χ1v) is 8.31. The average Bonchev–Trinajstić information content (AvgIpc) is 3.13. The normalized spacial score (nSPS) is 12.3. The van der Waals surface area contributed by atoms with E-state index in [0.717, 1.165) is 5.56 Å². The number of aryl methyl sites for hydroxylation is 1.